The molecule has 4 nitrogen and oxygen atoms in total. The summed E-state index contributed by atoms with van der Waals surface area (Å²) in [6.07, 6.45) is 3.36. The molecule has 0 aromatic carbocycles. The molecule has 0 saturated carbocycles. The fourth-order valence-electron chi connectivity index (χ4n) is 2.20. The van der Waals surface area contributed by atoms with Crippen molar-refractivity contribution in [3.63, 3.8) is 0 Å². The molecule has 1 rings (SSSR count). The number of hydrogen-bond acceptors (Lipinski definition) is 3. The third-order valence-corrected chi connectivity index (χ3v) is 3.22. The number of carbonyl (C=O) groups excluding carboxylic acids is 1. The lowest BCUT2D eigenvalue weighted by Gasteiger charge is -2.14. The third kappa shape index (κ3) is 3.67. The summed E-state index contributed by atoms with van der Waals surface area (Å²) in [5.74, 6) is 0.0302. The van der Waals surface area contributed by atoms with Gasteiger partial charge in [0.15, 0.2) is 0 Å². The van der Waals surface area contributed by atoms with Gasteiger partial charge in [0, 0.05) is 24.6 Å². The lowest BCUT2D eigenvalue weighted by Crippen LogP contribution is -2.21. The quantitative estimate of drug-likeness (QED) is 0.807. The summed E-state index contributed by atoms with van der Waals surface area (Å²) in [7, 11) is 0. The number of Topliss-reactive ketones (excluding diaryl/α,β-unsaturated/α-hetero) is 1. The average Bonchev–Trinajstić information content (AvgIpc) is 2.69. The second-order valence-electron chi connectivity index (χ2n) is 4.92. The molecule has 0 fully saturated rings. The zero-order valence-electron chi connectivity index (χ0n) is 11.8. The van der Waals surface area contributed by atoms with Crippen LogP contribution in [0.25, 0.3) is 0 Å². The second kappa shape index (κ2) is 6.69. The molecule has 0 aliphatic carbocycles. The Balaban J connectivity index is 2.72. The lowest BCUT2D eigenvalue weighted by atomic mass is 10.0. The molecule has 1 N–H and O–H groups in total. The molecule has 0 spiro atoms. The number of aryl methyl sites for hydroxylation is 1. The maximum Gasteiger partial charge on any atom is 0.140 e. The molecule has 2 unspecified atom stereocenters. The fourth-order valence-corrected chi connectivity index (χ4v) is 2.20. The summed E-state index contributed by atoms with van der Waals surface area (Å²) < 4.78 is 2.07. The number of aliphatic hydroxyl groups excluding tert-OH is 1. The van der Waals surface area contributed by atoms with Crippen LogP contribution in [0, 0.1) is 5.92 Å². The van der Waals surface area contributed by atoms with Gasteiger partial charge in [-0.3, -0.25) is 4.79 Å². The van der Waals surface area contributed by atoms with E-state index in [0.29, 0.717) is 6.54 Å². The molecule has 2 atom stereocenters. The molecule has 102 valence electrons. The predicted molar refractivity (Wildman–Crippen MR) is 71.5 cm³/mol. The van der Waals surface area contributed by atoms with E-state index in [1.807, 2.05) is 13.3 Å². The Morgan fingerprint density at radius 2 is 2.06 bits per heavy atom. The number of aliphatic hydroxyl groups is 1. The van der Waals surface area contributed by atoms with Gasteiger partial charge in [-0.1, -0.05) is 20.8 Å². The van der Waals surface area contributed by atoms with Crippen LogP contribution >= 0.6 is 0 Å². The normalized spacial score (nSPS) is 14.5. The maximum absolute atomic E-state index is 11.8. The van der Waals surface area contributed by atoms with Crippen LogP contribution in [-0.2, 0) is 24.2 Å². The van der Waals surface area contributed by atoms with Crippen molar-refractivity contribution in [1.82, 2.24) is 9.55 Å². The van der Waals surface area contributed by atoms with Crippen molar-refractivity contribution in [3.05, 3.63) is 17.7 Å². The summed E-state index contributed by atoms with van der Waals surface area (Å²) in [5, 5.41) is 9.24. The highest BCUT2D eigenvalue weighted by atomic mass is 16.3. The first-order valence-corrected chi connectivity index (χ1v) is 6.73. The number of carbonyl (C=O) groups is 1. The van der Waals surface area contributed by atoms with Gasteiger partial charge in [-0.25, -0.2) is 4.98 Å². The van der Waals surface area contributed by atoms with E-state index in [1.165, 1.54) is 5.69 Å². The second-order valence-corrected chi connectivity index (χ2v) is 4.92. The number of aromatic nitrogens is 2. The Morgan fingerprint density at radius 3 is 2.56 bits per heavy atom. The van der Waals surface area contributed by atoms with Crippen molar-refractivity contribution in [2.75, 3.05) is 0 Å². The van der Waals surface area contributed by atoms with Gasteiger partial charge in [-0.15, -0.1) is 0 Å². The third-order valence-electron chi connectivity index (χ3n) is 3.22. The van der Waals surface area contributed by atoms with Crippen molar-refractivity contribution in [1.29, 1.82) is 0 Å². The Kier molecular flexibility index (Phi) is 5.54. The van der Waals surface area contributed by atoms with E-state index in [2.05, 4.69) is 23.4 Å². The van der Waals surface area contributed by atoms with Crippen molar-refractivity contribution in [2.24, 2.45) is 5.92 Å². The van der Waals surface area contributed by atoms with Crippen molar-refractivity contribution in [3.8, 4) is 0 Å². The number of nitrogens with zero attached hydrogens (tertiary/aromatic N) is 2. The predicted octanol–water partition coefficient (Wildman–Crippen LogP) is 1.98. The summed E-state index contributed by atoms with van der Waals surface area (Å²) >= 11 is 0. The van der Waals surface area contributed by atoms with Crippen LogP contribution in [0.15, 0.2) is 6.33 Å². The van der Waals surface area contributed by atoms with Crippen LogP contribution < -0.4 is 0 Å². The highest BCUT2D eigenvalue weighted by Crippen LogP contribution is 2.13. The topological polar surface area (TPSA) is 55.1 Å². The molecule has 4 heteroatoms. The molecule has 1 heterocycles. The van der Waals surface area contributed by atoms with Crippen molar-refractivity contribution >= 4 is 5.78 Å². The SMILES string of the molecule is CCc1ncn(CC(C)C(=O)CC(C)O)c1CC. The summed E-state index contributed by atoms with van der Waals surface area (Å²) in [6, 6.07) is 0. The van der Waals surface area contributed by atoms with Crippen LogP contribution in [0.1, 0.15) is 45.5 Å². The van der Waals surface area contributed by atoms with E-state index in [0.717, 1.165) is 18.5 Å². The standard InChI is InChI=1S/C14H24N2O2/c1-5-12-13(6-2)16(9-15-12)8-10(3)14(18)7-11(4)17/h9-11,17H,5-8H2,1-4H3. The first kappa shape index (κ1) is 14.9. The summed E-state index contributed by atoms with van der Waals surface area (Å²) in [5.41, 5.74) is 2.34. The molecule has 18 heavy (non-hydrogen) atoms. The van der Waals surface area contributed by atoms with Gasteiger partial charge in [0.05, 0.1) is 18.1 Å². The van der Waals surface area contributed by atoms with E-state index in [1.54, 1.807) is 6.92 Å². The van der Waals surface area contributed by atoms with Gasteiger partial charge < -0.3 is 9.67 Å². The molecule has 0 aliphatic heterocycles. The molecule has 0 aliphatic rings. The minimum atomic E-state index is -0.556. The molecule has 1 aromatic heterocycles. The van der Waals surface area contributed by atoms with Gasteiger partial charge in [-0.2, -0.15) is 0 Å². The molecule has 0 amide bonds. The molecule has 0 saturated heterocycles. The molecule has 0 bridgehead atoms. The molecular weight excluding hydrogens is 228 g/mol. The van der Waals surface area contributed by atoms with Gasteiger partial charge in [-0.05, 0) is 19.8 Å². The Morgan fingerprint density at radius 1 is 1.39 bits per heavy atom. The van der Waals surface area contributed by atoms with Crippen LogP contribution in [0.4, 0.5) is 0 Å². The van der Waals surface area contributed by atoms with E-state index >= 15 is 0 Å². The first-order valence-electron chi connectivity index (χ1n) is 6.73. The molecular formula is C14H24N2O2. The minimum Gasteiger partial charge on any atom is -0.393 e. The number of hydrogen-bond donors (Lipinski definition) is 1. The van der Waals surface area contributed by atoms with Gasteiger partial charge >= 0.3 is 0 Å². The van der Waals surface area contributed by atoms with E-state index in [-0.39, 0.29) is 18.1 Å². The van der Waals surface area contributed by atoms with Crippen LogP contribution in [0.2, 0.25) is 0 Å². The summed E-state index contributed by atoms with van der Waals surface area (Å²) in [6.45, 7) is 8.41. The summed E-state index contributed by atoms with van der Waals surface area (Å²) in [4.78, 5) is 16.2. The van der Waals surface area contributed by atoms with E-state index in [9.17, 15) is 9.90 Å². The van der Waals surface area contributed by atoms with Crippen LogP contribution in [0.5, 0.6) is 0 Å². The average molecular weight is 252 g/mol. The van der Waals surface area contributed by atoms with Crippen LogP contribution in [0.3, 0.4) is 0 Å². The Bertz CT molecular complexity index is 396. The Labute approximate surface area is 109 Å². The van der Waals surface area contributed by atoms with Gasteiger partial charge in [0.25, 0.3) is 0 Å². The first-order chi connectivity index (χ1) is 8.49. The Hall–Kier alpha value is -1.16. The highest BCUT2D eigenvalue weighted by molar-refractivity contribution is 5.80. The fraction of sp³-hybridized carbons (Fsp3) is 0.714. The zero-order chi connectivity index (χ0) is 13.7. The van der Waals surface area contributed by atoms with Crippen molar-refractivity contribution < 1.29 is 9.90 Å². The van der Waals surface area contributed by atoms with Gasteiger partial charge in [0.1, 0.15) is 5.78 Å². The molecule has 0 radical (unpaired) electrons. The van der Waals surface area contributed by atoms with Gasteiger partial charge in [0.2, 0.25) is 0 Å². The van der Waals surface area contributed by atoms with Crippen LogP contribution in [-0.4, -0.2) is 26.5 Å². The molecule has 1 aromatic rings. The van der Waals surface area contributed by atoms with E-state index in [4.69, 9.17) is 0 Å². The number of imidazole rings is 1. The monoisotopic (exact) mass is 252 g/mol. The zero-order valence-corrected chi connectivity index (χ0v) is 11.8. The maximum atomic E-state index is 11.8. The largest absolute Gasteiger partial charge is 0.393 e. The van der Waals surface area contributed by atoms with Crippen molar-refractivity contribution in [2.45, 2.75) is 59.6 Å². The van der Waals surface area contributed by atoms with E-state index < -0.39 is 6.10 Å². The number of ketones is 1. The number of rotatable bonds is 7. The lowest BCUT2D eigenvalue weighted by molar-refractivity contribution is -0.124. The highest BCUT2D eigenvalue weighted by Gasteiger charge is 2.17. The minimum absolute atomic E-state index is 0.0798. The smallest absolute Gasteiger partial charge is 0.140 e.